The zero-order chi connectivity index (χ0) is 13.7. The number of nitrogens with one attached hydrogen (secondary N) is 1. The zero-order valence-corrected chi connectivity index (χ0v) is 12.7. The molecule has 1 fully saturated rings. The summed E-state index contributed by atoms with van der Waals surface area (Å²) in [6.45, 7) is 6.91. The van der Waals surface area contributed by atoms with E-state index in [1.165, 1.54) is 17.7 Å². The molecule has 4 heteroatoms. The SMILES string of the molecule is CCC(CC)C(NCC1(CO)COC1)c1cccs1. The normalized spacial score (nSPS) is 19.4. The lowest BCUT2D eigenvalue weighted by Gasteiger charge is -2.41. The second-order valence-electron chi connectivity index (χ2n) is 5.60. The number of ether oxygens (including phenoxy) is 1. The van der Waals surface area contributed by atoms with Gasteiger partial charge in [0.2, 0.25) is 0 Å². The van der Waals surface area contributed by atoms with Crippen molar-refractivity contribution >= 4 is 11.3 Å². The Kier molecular flexibility index (Phi) is 5.39. The molecule has 0 radical (unpaired) electrons. The molecule has 0 aliphatic carbocycles. The first-order chi connectivity index (χ1) is 9.24. The Morgan fingerprint density at radius 1 is 1.42 bits per heavy atom. The minimum atomic E-state index is -0.0540. The van der Waals surface area contributed by atoms with E-state index in [4.69, 9.17) is 4.74 Å². The van der Waals surface area contributed by atoms with Gasteiger partial charge in [0, 0.05) is 17.5 Å². The van der Waals surface area contributed by atoms with Crippen LogP contribution in [0.3, 0.4) is 0 Å². The predicted octanol–water partition coefficient (Wildman–Crippen LogP) is 2.82. The highest BCUT2D eigenvalue weighted by atomic mass is 32.1. The molecule has 1 aliphatic heterocycles. The van der Waals surface area contributed by atoms with Gasteiger partial charge in [-0.05, 0) is 17.4 Å². The molecule has 19 heavy (non-hydrogen) atoms. The summed E-state index contributed by atoms with van der Waals surface area (Å²) in [4.78, 5) is 1.40. The van der Waals surface area contributed by atoms with Crippen LogP contribution in [0.15, 0.2) is 17.5 Å². The van der Waals surface area contributed by atoms with E-state index >= 15 is 0 Å². The number of thiophene rings is 1. The van der Waals surface area contributed by atoms with Crippen LogP contribution in [0, 0.1) is 11.3 Å². The minimum Gasteiger partial charge on any atom is -0.396 e. The number of aliphatic hydroxyl groups is 1. The lowest BCUT2D eigenvalue weighted by atomic mass is 9.85. The third-order valence-electron chi connectivity index (χ3n) is 4.22. The van der Waals surface area contributed by atoms with Gasteiger partial charge in [0.25, 0.3) is 0 Å². The lowest BCUT2D eigenvalue weighted by Crippen LogP contribution is -2.53. The van der Waals surface area contributed by atoms with Crippen molar-refractivity contribution in [3.8, 4) is 0 Å². The Balaban J connectivity index is 2.01. The van der Waals surface area contributed by atoms with Gasteiger partial charge in [0.15, 0.2) is 0 Å². The summed E-state index contributed by atoms with van der Waals surface area (Å²) >= 11 is 1.82. The molecule has 0 spiro atoms. The number of rotatable bonds is 8. The molecule has 1 saturated heterocycles. The van der Waals surface area contributed by atoms with Gasteiger partial charge >= 0.3 is 0 Å². The van der Waals surface area contributed by atoms with Crippen molar-refractivity contribution in [2.75, 3.05) is 26.4 Å². The van der Waals surface area contributed by atoms with Gasteiger partial charge in [-0.15, -0.1) is 11.3 Å². The molecule has 0 bridgehead atoms. The van der Waals surface area contributed by atoms with Crippen LogP contribution in [0.1, 0.15) is 37.6 Å². The molecule has 1 atom stereocenters. The molecule has 0 saturated carbocycles. The average Bonchev–Trinajstić information content (AvgIpc) is 2.90. The van der Waals surface area contributed by atoms with Crippen molar-refractivity contribution in [3.63, 3.8) is 0 Å². The van der Waals surface area contributed by atoms with Crippen LogP contribution in [-0.2, 0) is 4.74 Å². The fourth-order valence-electron chi connectivity index (χ4n) is 2.69. The largest absolute Gasteiger partial charge is 0.396 e. The van der Waals surface area contributed by atoms with Gasteiger partial charge in [0.05, 0.1) is 25.2 Å². The summed E-state index contributed by atoms with van der Waals surface area (Å²) in [5.41, 5.74) is -0.0540. The Morgan fingerprint density at radius 2 is 2.16 bits per heavy atom. The van der Waals surface area contributed by atoms with Crippen LogP contribution in [0.4, 0.5) is 0 Å². The second kappa shape index (κ2) is 6.84. The van der Waals surface area contributed by atoms with Crippen LogP contribution in [0.2, 0.25) is 0 Å². The molecule has 3 nitrogen and oxygen atoms in total. The van der Waals surface area contributed by atoms with Gasteiger partial charge < -0.3 is 15.2 Å². The molecular weight excluding hydrogens is 258 g/mol. The Hall–Kier alpha value is -0.420. The Morgan fingerprint density at radius 3 is 2.58 bits per heavy atom. The van der Waals surface area contributed by atoms with Crippen molar-refractivity contribution in [2.24, 2.45) is 11.3 Å². The zero-order valence-electron chi connectivity index (χ0n) is 11.9. The van der Waals surface area contributed by atoms with E-state index in [0.717, 1.165) is 6.54 Å². The third-order valence-corrected chi connectivity index (χ3v) is 5.17. The van der Waals surface area contributed by atoms with E-state index < -0.39 is 0 Å². The first-order valence-electron chi connectivity index (χ1n) is 7.20. The molecule has 2 N–H and O–H groups in total. The average molecular weight is 283 g/mol. The predicted molar refractivity (Wildman–Crippen MR) is 79.5 cm³/mol. The molecule has 0 aromatic carbocycles. The first kappa shape index (κ1) is 15.0. The lowest BCUT2D eigenvalue weighted by molar-refractivity contribution is -0.135. The number of hydrogen-bond donors (Lipinski definition) is 2. The number of hydrogen-bond acceptors (Lipinski definition) is 4. The van der Waals surface area contributed by atoms with Gasteiger partial charge in [-0.2, -0.15) is 0 Å². The van der Waals surface area contributed by atoms with E-state index in [1.54, 1.807) is 0 Å². The fourth-order valence-corrected chi connectivity index (χ4v) is 3.59. The van der Waals surface area contributed by atoms with Crippen molar-refractivity contribution < 1.29 is 9.84 Å². The van der Waals surface area contributed by atoms with Gasteiger partial charge in [-0.25, -0.2) is 0 Å². The van der Waals surface area contributed by atoms with E-state index in [9.17, 15) is 5.11 Å². The summed E-state index contributed by atoms with van der Waals surface area (Å²) in [6.07, 6.45) is 2.35. The van der Waals surface area contributed by atoms with Crippen molar-refractivity contribution in [3.05, 3.63) is 22.4 Å². The maximum Gasteiger partial charge on any atom is 0.0579 e. The van der Waals surface area contributed by atoms with E-state index in [2.05, 4.69) is 36.7 Å². The van der Waals surface area contributed by atoms with Crippen molar-refractivity contribution in [2.45, 2.75) is 32.7 Å². The summed E-state index contributed by atoms with van der Waals surface area (Å²) in [5, 5.41) is 15.3. The third kappa shape index (κ3) is 3.37. The fraction of sp³-hybridized carbons (Fsp3) is 0.733. The number of aliphatic hydroxyl groups excluding tert-OH is 1. The molecule has 1 aromatic rings. The topological polar surface area (TPSA) is 41.5 Å². The molecule has 1 aliphatic rings. The highest BCUT2D eigenvalue weighted by Gasteiger charge is 2.38. The summed E-state index contributed by atoms with van der Waals surface area (Å²) in [5.74, 6) is 0.649. The van der Waals surface area contributed by atoms with E-state index in [0.29, 0.717) is 25.2 Å². The molecule has 2 rings (SSSR count). The summed E-state index contributed by atoms with van der Waals surface area (Å²) in [6, 6.07) is 4.73. The van der Waals surface area contributed by atoms with Crippen LogP contribution < -0.4 is 5.32 Å². The molecular formula is C15H25NO2S. The smallest absolute Gasteiger partial charge is 0.0579 e. The molecule has 0 amide bonds. The van der Waals surface area contributed by atoms with Gasteiger partial charge in [0.1, 0.15) is 0 Å². The van der Waals surface area contributed by atoms with Crippen LogP contribution in [0.25, 0.3) is 0 Å². The monoisotopic (exact) mass is 283 g/mol. The molecule has 108 valence electrons. The van der Waals surface area contributed by atoms with Crippen molar-refractivity contribution in [1.29, 1.82) is 0 Å². The van der Waals surface area contributed by atoms with E-state index in [-0.39, 0.29) is 12.0 Å². The highest BCUT2D eigenvalue weighted by molar-refractivity contribution is 7.10. The second-order valence-corrected chi connectivity index (χ2v) is 6.58. The van der Waals surface area contributed by atoms with Crippen molar-refractivity contribution in [1.82, 2.24) is 5.32 Å². The first-order valence-corrected chi connectivity index (χ1v) is 8.08. The Bertz CT molecular complexity index is 353. The molecule has 1 unspecified atom stereocenters. The van der Waals surface area contributed by atoms with Gasteiger partial charge in [-0.3, -0.25) is 0 Å². The molecule has 1 aromatic heterocycles. The quantitative estimate of drug-likeness (QED) is 0.771. The highest BCUT2D eigenvalue weighted by Crippen LogP contribution is 2.33. The molecule has 2 heterocycles. The van der Waals surface area contributed by atoms with Gasteiger partial charge in [-0.1, -0.05) is 32.8 Å². The van der Waals surface area contributed by atoms with Crippen LogP contribution >= 0.6 is 11.3 Å². The standard InChI is InChI=1S/C15H25NO2S/c1-3-12(4-2)14(13-6-5-7-19-13)16-8-15(9-17)10-18-11-15/h5-7,12,14,16-17H,3-4,8-11H2,1-2H3. The summed E-state index contributed by atoms with van der Waals surface area (Å²) in [7, 11) is 0. The van der Waals surface area contributed by atoms with Crippen LogP contribution in [0.5, 0.6) is 0 Å². The van der Waals surface area contributed by atoms with Crippen LogP contribution in [-0.4, -0.2) is 31.5 Å². The van der Waals surface area contributed by atoms with E-state index in [1.807, 2.05) is 11.3 Å². The maximum atomic E-state index is 9.52. The minimum absolute atomic E-state index is 0.0540. The Labute approximate surface area is 120 Å². The maximum absolute atomic E-state index is 9.52. The summed E-state index contributed by atoms with van der Waals surface area (Å²) < 4.78 is 5.27.